The number of rotatable bonds is 2. The number of hydrogen-bond acceptors (Lipinski definition) is 2. The molecule has 0 spiro atoms. The van der Waals surface area contributed by atoms with Crippen molar-refractivity contribution in [2.24, 2.45) is 5.73 Å². The van der Waals surface area contributed by atoms with Crippen LogP contribution in [0.2, 0.25) is 0 Å². The second-order valence-electron chi connectivity index (χ2n) is 4.11. The molecule has 0 atom stereocenters. The summed E-state index contributed by atoms with van der Waals surface area (Å²) >= 11 is 1.85. The fourth-order valence-corrected chi connectivity index (χ4v) is 3.10. The van der Waals surface area contributed by atoms with Gasteiger partial charge in [-0.2, -0.15) is 0 Å². The quantitative estimate of drug-likeness (QED) is 0.836. The summed E-state index contributed by atoms with van der Waals surface area (Å²) < 4.78 is 12.7. The Morgan fingerprint density at radius 3 is 2.27 bits per heavy atom. The van der Waals surface area contributed by atoms with Crippen LogP contribution in [0.5, 0.6) is 0 Å². The molecule has 0 unspecified atom stereocenters. The lowest BCUT2D eigenvalue weighted by Crippen LogP contribution is -2.27. The molecule has 82 valence electrons. The average molecular weight is 225 g/mol. The minimum absolute atomic E-state index is 0.162. The zero-order valence-corrected chi connectivity index (χ0v) is 9.47. The van der Waals surface area contributed by atoms with E-state index >= 15 is 0 Å². The minimum Gasteiger partial charge on any atom is -0.328 e. The van der Waals surface area contributed by atoms with Crippen LogP contribution in [-0.2, 0) is 0 Å². The normalized spacial score (nSPS) is 26.5. The highest BCUT2D eigenvalue weighted by Crippen LogP contribution is 2.33. The zero-order valence-electron chi connectivity index (χ0n) is 8.66. The molecule has 0 aliphatic heterocycles. The van der Waals surface area contributed by atoms with Crippen LogP contribution in [0.1, 0.15) is 25.7 Å². The van der Waals surface area contributed by atoms with Crippen molar-refractivity contribution in [3.05, 3.63) is 30.1 Å². The third-order valence-corrected chi connectivity index (χ3v) is 4.18. The zero-order chi connectivity index (χ0) is 10.7. The highest BCUT2D eigenvalue weighted by molar-refractivity contribution is 8.00. The van der Waals surface area contributed by atoms with E-state index in [9.17, 15) is 4.39 Å². The molecule has 1 aromatic rings. The predicted molar refractivity (Wildman–Crippen MR) is 62.5 cm³/mol. The van der Waals surface area contributed by atoms with Gasteiger partial charge in [0.2, 0.25) is 0 Å². The summed E-state index contributed by atoms with van der Waals surface area (Å²) in [7, 11) is 0. The Kier molecular flexibility index (Phi) is 3.65. The lowest BCUT2D eigenvalue weighted by Gasteiger charge is -2.25. The van der Waals surface area contributed by atoms with Gasteiger partial charge in [-0.25, -0.2) is 4.39 Å². The monoisotopic (exact) mass is 225 g/mol. The molecular formula is C12H16FNS. The summed E-state index contributed by atoms with van der Waals surface area (Å²) in [5.74, 6) is -0.162. The van der Waals surface area contributed by atoms with Crippen molar-refractivity contribution >= 4 is 11.8 Å². The maximum atomic E-state index is 12.7. The molecule has 1 aromatic carbocycles. The van der Waals surface area contributed by atoms with Gasteiger partial charge in [-0.1, -0.05) is 0 Å². The van der Waals surface area contributed by atoms with Gasteiger partial charge in [0.1, 0.15) is 5.82 Å². The van der Waals surface area contributed by atoms with Crippen LogP contribution in [0.4, 0.5) is 4.39 Å². The summed E-state index contributed by atoms with van der Waals surface area (Å²) in [5, 5.41) is 0.662. The van der Waals surface area contributed by atoms with Crippen LogP contribution < -0.4 is 5.73 Å². The highest BCUT2D eigenvalue weighted by atomic mass is 32.2. The maximum absolute atomic E-state index is 12.7. The molecule has 0 aromatic heterocycles. The van der Waals surface area contributed by atoms with E-state index in [0.29, 0.717) is 11.3 Å². The van der Waals surface area contributed by atoms with Crippen LogP contribution in [0.3, 0.4) is 0 Å². The van der Waals surface area contributed by atoms with Crippen molar-refractivity contribution < 1.29 is 4.39 Å². The van der Waals surface area contributed by atoms with Gasteiger partial charge in [0, 0.05) is 16.2 Å². The van der Waals surface area contributed by atoms with Gasteiger partial charge in [-0.3, -0.25) is 0 Å². The van der Waals surface area contributed by atoms with Crippen molar-refractivity contribution in [3.63, 3.8) is 0 Å². The molecule has 2 rings (SSSR count). The summed E-state index contributed by atoms with van der Waals surface area (Å²) in [6, 6.07) is 7.16. The Morgan fingerprint density at radius 1 is 1.07 bits per heavy atom. The molecule has 3 heteroatoms. The topological polar surface area (TPSA) is 26.0 Å². The van der Waals surface area contributed by atoms with Gasteiger partial charge in [0.25, 0.3) is 0 Å². The summed E-state index contributed by atoms with van der Waals surface area (Å²) in [4.78, 5) is 1.16. The number of halogens is 1. The van der Waals surface area contributed by atoms with Crippen molar-refractivity contribution in [2.75, 3.05) is 0 Å². The second-order valence-corrected chi connectivity index (χ2v) is 5.48. The fraction of sp³-hybridized carbons (Fsp3) is 0.500. The molecule has 15 heavy (non-hydrogen) atoms. The molecular weight excluding hydrogens is 209 g/mol. The van der Waals surface area contributed by atoms with E-state index in [0.717, 1.165) is 17.7 Å². The average Bonchev–Trinajstić information content (AvgIpc) is 2.25. The Labute approximate surface area is 94.2 Å². The Bertz CT molecular complexity index is 304. The van der Waals surface area contributed by atoms with Gasteiger partial charge < -0.3 is 5.73 Å². The van der Waals surface area contributed by atoms with Crippen molar-refractivity contribution in [1.82, 2.24) is 0 Å². The predicted octanol–water partition coefficient (Wildman–Crippen LogP) is 3.19. The van der Waals surface area contributed by atoms with Crippen molar-refractivity contribution in [3.8, 4) is 0 Å². The first-order valence-electron chi connectivity index (χ1n) is 5.42. The summed E-state index contributed by atoms with van der Waals surface area (Å²) in [6.45, 7) is 0. The minimum atomic E-state index is -0.162. The van der Waals surface area contributed by atoms with E-state index < -0.39 is 0 Å². The molecule has 2 N–H and O–H groups in total. The fourth-order valence-electron chi connectivity index (χ4n) is 1.91. The first-order chi connectivity index (χ1) is 7.24. The number of hydrogen-bond donors (Lipinski definition) is 1. The van der Waals surface area contributed by atoms with E-state index in [1.165, 1.54) is 25.0 Å². The van der Waals surface area contributed by atoms with E-state index in [4.69, 9.17) is 5.73 Å². The van der Waals surface area contributed by atoms with Crippen LogP contribution >= 0.6 is 11.8 Å². The van der Waals surface area contributed by atoms with Crippen molar-refractivity contribution in [2.45, 2.75) is 41.9 Å². The Hall–Kier alpha value is -0.540. The van der Waals surface area contributed by atoms with Crippen LogP contribution in [0, 0.1) is 5.82 Å². The number of thioether (sulfide) groups is 1. The first-order valence-corrected chi connectivity index (χ1v) is 6.30. The summed E-state index contributed by atoms with van der Waals surface area (Å²) in [5.41, 5.74) is 5.85. The van der Waals surface area contributed by atoms with Gasteiger partial charge >= 0.3 is 0 Å². The molecule has 0 heterocycles. The van der Waals surface area contributed by atoms with Crippen LogP contribution in [0.15, 0.2) is 29.2 Å². The first kappa shape index (κ1) is 11.0. The van der Waals surface area contributed by atoms with E-state index in [-0.39, 0.29) is 5.82 Å². The number of benzene rings is 1. The van der Waals surface area contributed by atoms with Gasteiger partial charge in [0.15, 0.2) is 0 Å². The van der Waals surface area contributed by atoms with Gasteiger partial charge in [-0.15, -0.1) is 11.8 Å². The number of nitrogens with two attached hydrogens (primary N) is 1. The highest BCUT2D eigenvalue weighted by Gasteiger charge is 2.19. The smallest absolute Gasteiger partial charge is 0.123 e. The Balaban J connectivity index is 1.89. The largest absolute Gasteiger partial charge is 0.328 e. The molecule has 1 aliphatic rings. The van der Waals surface area contributed by atoms with E-state index in [2.05, 4.69) is 0 Å². The third-order valence-electron chi connectivity index (χ3n) is 2.84. The molecule has 1 aliphatic carbocycles. The van der Waals surface area contributed by atoms with E-state index in [1.54, 1.807) is 0 Å². The van der Waals surface area contributed by atoms with Crippen LogP contribution in [0.25, 0.3) is 0 Å². The van der Waals surface area contributed by atoms with E-state index in [1.807, 2.05) is 23.9 Å². The van der Waals surface area contributed by atoms with Crippen molar-refractivity contribution in [1.29, 1.82) is 0 Å². The lowest BCUT2D eigenvalue weighted by atomic mass is 9.96. The van der Waals surface area contributed by atoms with Gasteiger partial charge in [-0.05, 0) is 49.9 Å². The van der Waals surface area contributed by atoms with Crippen LogP contribution in [-0.4, -0.2) is 11.3 Å². The standard InChI is InChI=1S/C12H16FNS/c13-9-1-5-11(6-2-9)15-12-7-3-10(14)4-8-12/h1-2,5-6,10,12H,3-4,7-8,14H2. The maximum Gasteiger partial charge on any atom is 0.123 e. The van der Waals surface area contributed by atoms with Gasteiger partial charge in [0.05, 0.1) is 0 Å². The summed E-state index contributed by atoms with van der Waals surface area (Å²) in [6.07, 6.45) is 4.62. The molecule has 1 saturated carbocycles. The molecule has 1 fully saturated rings. The third kappa shape index (κ3) is 3.21. The second kappa shape index (κ2) is 4.99. The molecule has 0 radical (unpaired) electrons. The molecule has 1 nitrogen and oxygen atoms in total. The SMILES string of the molecule is NC1CCC(Sc2ccc(F)cc2)CC1. The lowest BCUT2D eigenvalue weighted by molar-refractivity contribution is 0.451. The Morgan fingerprint density at radius 2 is 1.67 bits per heavy atom. The molecule has 0 saturated heterocycles. The molecule has 0 bridgehead atoms. The molecule has 0 amide bonds.